The average Bonchev–Trinajstić information content (AvgIpc) is 2.84. The van der Waals surface area contributed by atoms with E-state index in [4.69, 9.17) is 18.9 Å². The third kappa shape index (κ3) is 5.74. The average molecular weight is 515 g/mol. The second-order valence-corrected chi connectivity index (χ2v) is 11.1. The lowest BCUT2D eigenvalue weighted by Crippen LogP contribution is -2.53. The topological polar surface area (TPSA) is 129 Å². The summed E-state index contributed by atoms with van der Waals surface area (Å²) in [7, 11) is -2.47. The van der Waals surface area contributed by atoms with E-state index in [1.807, 2.05) is 0 Å². The molecule has 2 aromatic rings. The lowest BCUT2D eigenvalue weighted by molar-refractivity contribution is 0.338. The van der Waals surface area contributed by atoms with E-state index in [2.05, 4.69) is 9.44 Å². The van der Waals surface area contributed by atoms with Crippen LogP contribution in [0.2, 0.25) is 0 Å². The second-order valence-electron chi connectivity index (χ2n) is 7.77. The first kappa shape index (κ1) is 26.1. The van der Waals surface area contributed by atoms with Gasteiger partial charge in [0.2, 0.25) is 20.0 Å². The van der Waals surface area contributed by atoms with Gasteiger partial charge >= 0.3 is 0 Å². The molecule has 34 heavy (non-hydrogen) atoms. The van der Waals surface area contributed by atoms with Gasteiger partial charge in [-0.25, -0.2) is 26.3 Å². The van der Waals surface area contributed by atoms with Crippen LogP contribution in [0.5, 0.6) is 23.0 Å². The first-order valence-corrected chi connectivity index (χ1v) is 13.6. The van der Waals surface area contributed by atoms with Crippen molar-refractivity contribution in [2.75, 3.05) is 28.4 Å². The molecule has 0 heterocycles. The van der Waals surface area contributed by atoms with Gasteiger partial charge in [-0.2, -0.15) is 0 Å². The summed E-state index contributed by atoms with van der Waals surface area (Å²) >= 11 is 0. The highest BCUT2D eigenvalue weighted by molar-refractivity contribution is 7.90. The maximum absolute atomic E-state index is 13.3. The summed E-state index contributed by atoms with van der Waals surface area (Å²) in [6.07, 6.45) is 2.44. The maximum Gasteiger partial charge on any atom is 0.244 e. The molecule has 0 amide bonds. The molecule has 0 radical (unpaired) electrons. The first-order chi connectivity index (χ1) is 16.1. The normalized spacial score (nSPS) is 18.8. The fourth-order valence-corrected chi connectivity index (χ4v) is 6.92. The van der Waals surface area contributed by atoms with Crippen LogP contribution in [-0.4, -0.2) is 57.4 Å². The Bertz CT molecular complexity index is 1120. The lowest BCUT2D eigenvalue weighted by Gasteiger charge is -2.32. The van der Waals surface area contributed by atoms with Gasteiger partial charge in [0.15, 0.2) is 0 Å². The van der Waals surface area contributed by atoms with Crippen molar-refractivity contribution in [3.05, 3.63) is 36.4 Å². The molecule has 1 saturated carbocycles. The largest absolute Gasteiger partial charge is 0.497 e. The Kier molecular flexibility index (Phi) is 8.29. The molecule has 0 aromatic heterocycles. The molecule has 2 atom stereocenters. The Morgan fingerprint density at radius 2 is 1.03 bits per heavy atom. The number of methoxy groups -OCH3 is 4. The molecular weight excluding hydrogens is 484 g/mol. The molecule has 0 aliphatic heterocycles. The van der Waals surface area contributed by atoms with Gasteiger partial charge in [0.05, 0.1) is 28.4 Å². The fraction of sp³-hybridized carbons (Fsp3) is 0.455. The van der Waals surface area contributed by atoms with Crippen LogP contribution < -0.4 is 28.4 Å². The molecular formula is C22H30N2O8S2. The van der Waals surface area contributed by atoms with E-state index in [-0.39, 0.29) is 21.3 Å². The Morgan fingerprint density at radius 1 is 0.647 bits per heavy atom. The van der Waals surface area contributed by atoms with Gasteiger partial charge in [-0.1, -0.05) is 12.8 Å². The van der Waals surface area contributed by atoms with Crippen molar-refractivity contribution in [3.8, 4) is 23.0 Å². The van der Waals surface area contributed by atoms with Crippen LogP contribution in [0.3, 0.4) is 0 Å². The SMILES string of the molecule is COc1ccc(OC)c(S(=O)(=O)N[C@@H]2CCCC[C@H]2NS(=O)(=O)c2cc(OC)ccc2OC)c1. The monoisotopic (exact) mass is 514 g/mol. The minimum Gasteiger partial charge on any atom is -0.497 e. The number of hydrogen-bond acceptors (Lipinski definition) is 8. The highest BCUT2D eigenvalue weighted by Crippen LogP contribution is 2.31. The van der Waals surface area contributed by atoms with Gasteiger partial charge in [0.1, 0.15) is 32.8 Å². The van der Waals surface area contributed by atoms with Crippen molar-refractivity contribution < 1.29 is 35.8 Å². The molecule has 1 aliphatic rings. The Labute approximate surface area is 200 Å². The Balaban J connectivity index is 1.90. The van der Waals surface area contributed by atoms with Crippen molar-refractivity contribution in [1.82, 2.24) is 9.44 Å². The Hall–Kier alpha value is -2.54. The predicted octanol–water partition coefficient (Wildman–Crippen LogP) is 2.29. The lowest BCUT2D eigenvalue weighted by atomic mass is 9.92. The zero-order chi connectivity index (χ0) is 24.9. The van der Waals surface area contributed by atoms with Gasteiger partial charge < -0.3 is 18.9 Å². The Morgan fingerprint density at radius 3 is 1.35 bits per heavy atom. The van der Waals surface area contributed by atoms with E-state index >= 15 is 0 Å². The minimum atomic E-state index is -4.05. The van der Waals surface area contributed by atoms with Gasteiger partial charge in [0, 0.05) is 24.2 Å². The summed E-state index contributed by atoms with van der Waals surface area (Å²) in [5.41, 5.74) is 0. The quantitative estimate of drug-likeness (QED) is 0.494. The molecule has 0 saturated heterocycles. The number of rotatable bonds is 10. The summed E-state index contributed by atoms with van der Waals surface area (Å²) in [5.74, 6) is 1.02. The highest BCUT2D eigenvalue weighted by atomic mass is 32.2. The number of ether oxygens (including phenoxy) is 4. The third-order valence-electron chi connectivity index (χ3n) is 5.70. The van der Waals surface area contributed by atoms with Crippen LogP contribution in [0.4, 0.5) is 0 Å². The summed E-state index contributed by atoms with van der Waals surface area (Å²) in [4.78, 5) is -0.174. The standard InChI is InChI=1S/C22H30N2O8S2/c1-29-15-9-11-19(31-3)21(13-15)33(25,26)23-17-7-5-6-8-18(17)24-34(27,28)22-14-16(30-2)10-12-20(22)32-4/h9-14,17-18,23-24H,5-8H2,1-4H3/t17-,18-/m1/s1. The van der Waals surface area contributed by atoms with Gasteiger partial charge in [-0.05, 0) is 37.1 Å². The molecule has 0 bridgehead atoms. The fourth-order valence-electron chi connectivity index (χ4n) is 3.93. The maximum atomic E-state index is 13.3. The molecule has 0 unspecified atom stereocenters. The third-order valence-corrected chi connectivity index (χ3v) is 8.72. The zero-order valence-electron chi connectivity index (χ0n) is 19.5. The van der Waals surface area contributed by atoms with Crippen LogP contribution in [0, 0.1) is 0 Å². The molecule has 188 valence electrons. The van der Waals surface area contributed by atoms with Crippen LogP contribution in [-0.2, 0) is 20.0 Å². The van der Waals surface area contributed by atoms with Crippen LogP contribution >= 0.6 is 0 Å². The van der Waals surface area contributed by atoms with Crippen LogP contribution in [0.25, 0.3) is 0 Å². The van der Waals surface area contributed by atoms with E-state index in [9.17, 15) is 16.8 Å². The first-order valence-electron chi connectivity index (χ1n) is 10.6. The van der Waals surface area contributed by atoms with Crippen molar-refractivity contribution in [2.24, 2.45) is 0 Å². The van der Waals surface area contributed by atoms with Crippen molar-refractivity contribution >= 4 is 20.0 Å². The number of benzene rings is 2. The van der Waals surface area contributed by atoms with Crippen molar-refractivity contribution in [3.63, 3.8) is 0 Å². The van der Waals surface area contributed by atoms with Gasteiger partial charge in [-0.3, -0.25) is 0 Å². The van der Waals surface area contributed by atoms with Crippen LogP contribution in [0.15, 0.2) is 46.2 Å². The molecule has 2 aromatic carbocycles. The van der Waals surface area contributed by atoms with Gasteiger partial charge in [0.25, 0.3) is 0 Å². The summed E-state index contributed by atoms with van der Waals surface area (Å²) in [5, 5.41) is 0. The number of hydrogen-bond donors (Lipinski definition) is 2. The molecule has 2 N–H and O–H groups in total. The van der Waals surface area contributed by atoms with Crippen molar-refractivity contribution in [1.29, 1.82) is 0 Å². The number of nitrogens with one attached hydrogen (secondary N) is 2. The molecule has 3 rings (SSSR count). The molecule has 12 heteroatoms. The van der Waals surface area contributed by atoms with E-state index < -0.39 is 32.1 Å². The van der Waals surface area contributed by atoms with Gasteiger partial charge in [-0.15, -0.1) is 0 Å². The molecule has 0 spiro atoms. The van der Waals surface area contributed by atoms with Crippen molar-refractivity contribution in [2.45, 2.75) is 47.6 Å². The van der Waals surface area contributed by atoms with E-state index in [0.717, 1.165) is 12.8 Å². The highest BCUT2D eigenvalue weighted by Gasteiger charge is 2.34. The second kappa shape index (κ2) is 10.8. The predicted molar refractivity (Wildman–Crippen MR) is 126 cm³/mol. The molecule has 1 aliphatic carbocycles. The van der Waals surface area contributed by atoms with E-state index in [1.165, 1.54) is 52.7 Å². The molecule has 1 fully saturated rings. The number of sulfonamides is 2. The minimum absolute atomic E-state index is 0.0870. The summed E-state index contributed by atoms with van der Waals surface area (Å²) < 4.78 is 79.1. The summed E-state index contributed by atoms with van der Waals surface area (Å²) in [6, 6.07) is 7.59. The molecule has 10 nitrogen and oxygen atoms in total. The smallest absolute Gasteiger partial charge is 0.244 e. The summed E-state index contributed by atoms with van der Waals surface area (Å²) in [6.45, 7) is 0. The zero-order valence-corrected chi connectivity index (χ0v) is 21.2. The van der Waals surface area contributed by atoms with E-state index in [0.29, 0.717) is 24.3 Å². The van der Waals surface area contributed by atoms with E-state index in [1.54, 1.807) is 12.1 Å². The van der Waals surface area contributed by atoms with Crippen LogP contribution in [0.1, 0.15) is 25.7 Å².